The van der Waals surface area contributed by atoms with Crippen molar-refractivity contribution >= 4 is 5.91 Å². The Hall–Kier alpha value is -0.830. The lowest BCUT2D eigenvalue weighted by atomic mass is 10.3. The molecule has 2 N–H and O–H groups in total. The first-order valence-electron chi connectivity index (χ1n) is 4.84. The Labute approximate surface area is 80.6 Å². The van der Waals surface area contributed by atoms with Crippen LogP contribution in [0.25, 0.3) is 0 Å². The van der Waals surface area contributed by atoms with Crippen molar-refractivity contribution in [1.29, 1.82) is 0 Å². The zero-order valence-electron chi connectivity index (χ0n) is 8.76. The van der Waals surface area contributed by atoms with E-state index in [1.807, 2.05) is 32.9 Å². The maximum atomic E-state index is 11.3. The quantitative estimate of drug-likeness (QED) is 0.606. The summed E-state index contributed by atoms with van der Waals surface area (Å²) in [7, 11) is 0. The van der Waals surface area contributed by atoms with Crippen molar-refractivity contribution < 1.29 is 4.79 Å². The molecule has 0 aromatic heterocycles. The molecule has 76 valence electrons. The van der Waals surface area contributed by atoms with E-state index in [9.17, 15) is 4.79 Å². The first-order valence-corrected chi connectivity index (χ1v) is 4.84. The van der Waals surface area contributed by atoms with Crippen molar-refractivity contribution in [3.05, 3.63) is 12.2 Å². The summed E-state index contributed by atoms with van der Waals surface area (Å²) >= 11 is 0. The third kappa shape index (κ3) is 6.34. The zero-order chi connectivity index (χ0) is 10.1. The van der Waals surface area contributed by atoms with E-state index in [0.717, 1.165) is 19.5 Å². The molecule has 0 aliphatic heterocycles. The Morgan fingerprint density at radius 2 is 2.23 bits per heavy atom. The van der Waals surface area contributed by atoms with E-state index in [2.05, 4.69) is 10.6 Å². The lowest BCUT2D eigenvalue weighted by molar-refractivity contribution is -0.122. The summed E-state index contributed by atoms with van der Waals surface area (Å²) in [6, 6.07) is -0.109. The van der Waals surface area contributed by atoms with E-state index in [1.54, 1.807) is 0 Å². The normalized spacial score (nSPS) is 13.2. The van der Waals surface area contributed by atoms with Gasteiger partial charge in [-0.05, 0) is 20.3 Å². The molecule has 1 unspecified atom stereocenters. The van der Waals surface area contributed by atoms with Gasteiger partial charge in [-0.25, -0.2) is 0 Å². The van der Waals surface area contributed by atoms with Crippen molar-refractivity contribution in [3.63, 3.8) is 0 Å². The lowest BCUT2D eigenvalue weighted by Crippen LogP contribution is -2.42. The first-order chi connectivity index (χ1) is 6.22. The van der Waals surface area contributed by atoms with Gasteiger partial charge >= 0.3 is 0 Å². The van der Waals surface area contributed by atoms with E-state index in [4.69, 9.17) is 0 Å². The molecule has 0 saturated carbocycles. The monoisotopic (exact) mass is 184 g/mol. The van der Waals surface area contributed by atoms with E-state index in [0.29, 0.717) is 0 Å². The van der Waals surface area contributed by atoms with Gasteiger partial charge < -0.3 is 10.6 Å². The van der Waals surface area contributed by atoms with Gasteiger partial charge in [0.1, 0.15) is 0 Å². The van der Waals surface area contributed by atoms with Gasteiger partial charge in [0.15, 0.2) is 0 Å². The molecule has 0 heterocycles. The third-order valence-electron chi connectivity index (χ3n) is 1.72. The van der Waals surface area contributed by atoms with Gasteiger partial charge in [0, 0.05) is 13.1 Å². The fourth-order valence-electron chi connectivity index (χ4n) is 0.857. The van der Waals surface area contributed by atoms with Crippen LogP contribution in [0.3, 0.4) is 0 Å². The molecule has 0 rings (SSSR count). The van der Waals surface area contributed by atoms with Crippen molar-refractivity contribution in [1.82, 2.24) is 10.6 Å². The predicted molar refractivity (Wildman–Crippen MR) is 55.6 cm³/mol. The van der Waals surface area contributed by atoms with Gasteiger partial charge in [-0.1, -0.05) is 19.1 Å². The SMILES string of the molecule is C/C=C/CNC(C)C(=O)NCCC. The summed E-state index contributed by atoms with van der Waals surface area (Å²) in [6.07, 6.45) is 4.93. The number of carbonyl (C=O) groups is 1. The zero-order valence-corrected chi connectivity index (χ0v) is 8.76. The fourth-order valence-corrected chi connectivity index (χ4v) is 0.857. The van der Waals surface area contributed by atoms with Crippen LogP contribution in [0.15, 0.2) is 12.2 Å². The van der Waals surface area contributed by atoms with Gasteiger partial charge in [-0.3, -0.25) is 4.79 Å². The summed E-state index contributed by atoms with van der Waals surface area (Å²) in [6.45, 7) is 7.38. The summed E-state index contributed by atoms with van der Waals surface area (Å²) in [5, 5.41) is 5.93. The molecule has 0 radical (unpaired) electrons. The van der Waals surface area contributed by atoms with Gasteiger partial charge in [0.2, 0.25) is 5.91 Å². The maximum Gasteiger partial charge on any atom is 0.236 e. The van der Waals surface area contributed by atoms with Crippen LogP contribution in [0.5, 0.6) is 0 Å². The fraction of sp³-hybridized carbons (Fsp3) is 0.700. The largest absolute Gasteiger partial charge is 0.355 e. The van der Waals surface area contributed by atoms with Crippen LogP contribution in [0.1, 0.15) is 27.2 Å². The van der Waals surface area contributed by atoms with Crippen molar-refractivity contribution in [2.75, 3.05) is 13.1 Å². The molecule has 3 heteroatoms. The van der Waals surface area contributed by atoms with Crippen LogP contribution >= 0.6 is 0 Å². The molecule has 1 amide bonds. The Bertz CT molecular complexity index is 166. The average molecular weight is 184 g/mol. The highest BCUT2D eigenvalue weighted by atomic mass is 16.2. The Kier molecular flexibility index (Phi) is 7.30. The number of nitrogens with one attached hydrogen (secondary N) is 2. The summed E-state index contributed by atoms with van der Waals surface area (Å²) in [5.41, 5.74) is 0. The van der Waals surface area contributed by atoms with Gasteiger partial charge in [0.05, 0.1) is 6.04 Å². The standard InChI is InChI=1S/C10H20N2O/c1-4-6-8-11-9(3)10(13)12-7-5-2/h4,6,9,11H,5,7-8H2,1-3H3,(H,12,13)/b6-4+. The second kappa shape index (κ2) is 7.80. The topological polar surface area (TPSA) is 41.1 Å². The molecule has 0 bridgehead atoms. The van der Waals surface area contributed by atoms with Gasteiger partial charge in [-0.2, -0.15) is 0 Å². The van der Waals surface area contributed by atoms with Crippen molar-refractivity contribution in [3.8, 4) is 0 Å². The summed E-state index contributed by atoms with van der Waals surface area (Å²) in [5.74, 6) is 0.0753. The molecule has 0 saturated heterocycles. The number of hydrogen-bond acceptors (Lipinski definition) is 2. The molecule has 1 atom stereocenters. The molecule has 13 heavy (non-hydrogen) atoms. The molecule has 0 aliphatic carbocycles. The lowest BCUT2D eigenvalue weighted by Gasteiger charge is -2.11. The van der Waals surface area contributed by atoms with Gasteiger partial charge in [0.25, 0.3) is 0 Å². The second-order valence-electron chi connectivity index (χ2n) is 2.99. The number of carbonyl (C=O) groups excluding carboxylic acids is 1. The second-order valence-corrected chi connectivity index (χ2v) is 2.99. The van der Waals surface area contributed by atoms with E-state index in [-0.39, 0.29) is 11.9 Å². The maximum absolute atomic E-state index is 11.3. The molecule has 0 fully saturated rings. The Morgan fingerprint density at radius 3 is 2.77 bits per heavy atom. The minimum absolute atomic E-state index is 0.0753. The van der Waals surface area contributed by atoms with Gasteiger partial charge in [-0.15, -0.1) is 0 Å². The average Bonchev–Trinajstić information content (AvgIpc) is 2.14. The highest BCUT2D eigenvalue weighted by molar-refractivity contribution is 5.81. The van der Waals surface area contributed by atoms with E-state index in [1.165, 1.54) is 0 Å². The van der Waals surface area contributed by atoms with Crippen LogP contribution in [0, 0.1) is 0 Å². The third-order valence-corrected chi connectivity index (χ3v) is 1.72. The molecule has 0 aliphatic rings. The first kappa shape index (κ1) is 12.2. The molecule has 3 nitrogen and oxygen atoms in total. The summed E-state index contributed by atoms with van der Waals surface area (Å²) < 4.78 is 0. The van der Waals surface area contributed by atoms with Crippen LogP contribution < -0.4 is 10.6 Å². The highest BCUT2D eigenvalue weighted by Crippen LogP contribution is 1.82. The van der Waals surface area contributed by atoms with Crippen LogP contribution in [-0.4, -0.2) is 25.0 Å². The Balaban J connectivity index is 3.56. The highest BCUT2D eigenvalue weighted by Gasteiger charge is 2.08. The number of allylic oxidation sites excluding steroid dienone is 1. The molecular formula is C10H20N2O. The smallest absolute Gasteiger partial charge is 0.236 e. The number of amides is 1. The van der Waals surface area contributed by atoms with E-state index >= 15 is 0 Å². The molecule has 0 spiro atoms. The Morgan fingerprint density at radius 1 is 1.54 bits per heavy atom. The molecular weight excluding hydrogens is 164 g/mol. The van der Waals surface area contributed by atoms with Crippen molar-refractivity contribution in [2.24, 2.45) is 0 Å². The predicted octanol–water partition coefficient (Wildman–Crippen LogP) is 1.07. The van der Waals surface area contributed by atoms with Crippen LogP contribution in [0.2, 0.25) is 0 Å². The molecule has 0 aromatic carbocycles. The summed E-state index contributed by atoms with van der Waals surface area (Å²) in [4.78, 5) is 11.3. The minimum Gasteiger partial charge on any atom is -0.355 e. The minimum atomic E-state index is -0.109. The van der Waals surface area contributed by atoms with Crippen LogP contribution in [-0.2, 0) is 4.79 Å². The number of rotatable bonds is 6. The van der Waals surface area contributed by atoms with Crippen LogP contribution in [0.4, 0.5) is 0 Å². The van der Waals surface area contributed by atoms with E-state index < -0.39 is 0 Å². The molecule has 0 aromatic rings. The van der Waals surface area contributed by atoms with Crippen molar-refractivity contribution in [2.45, 2.75) is 33.2 Å². The number of hydrogen-bond donors (Lipinski definition) is 2.